The van der Waals surface area contributed by atoms with Crippen molar-refractivity contribution < 1.29 is 27.1 Å². The molecular weight excluding hydrogens is 576 g/mol. The zero-order valence-corrected chi connectivity index (χ0v) is 24.0. The number of aromatic nitrogens is 3. The molecule has 0 spiro atoms. The molecule has 0 N–H and O–H groups in total. The first kappa shape index (κ1) is 29.8. The minimum atomic E-state index is -4.64. The Morgan fingerprint density at radius 3 is 2.55 bits per heavy atom. The smallest absolute Gasteiger partial charge is 0.419 e. The Labute approximate surface area is 246 Å². The number of alkyl halides is 3. The molecular formula is C29H31ClF4N6O2. The summed E-state index contributed by atoms with van der Waals surface area (Å²) >= 11 is 6.09. The first-order valence-corrected chi connectivity index (χ1v) is 14.2. The number of anilines is 3. The molecule has 2 fully saturated rings. The Morgan fingerprint density at radius 2 is 1.86 bits per heavy atom. The third-order valence-electron chi connectivity index (χ3n) is 7.74. The van der Waals surface area contributed by atoms with Crippen molar-refractivity contribution in [1.29, 1.82) is 0 Å². The highest BCUT2D eigenvalue weighted by Gasteiger charge is 2.38. The zero-order valence-electron chi connectivity index (χ0n) is 23.2. The summed E-state index contributed by atoms with van der Waals surface area (Å²) in [6.45, 7) is 5.65. The molecule has 1 aromatic carbocycles. The highest BCUT2D eigenvalue weighted by molar-refractivity contribution is 6.31. The van der Waals surface area contributed by atoms with Gasteiger partial charge in [0, 0.05) is 61.7 Å². The van der Waals surface area contributed by atoms with Gasteiger partial charge in [0.05, 0.1) is 16.3 Å². The van der Waals surface area contributed by atoms with E-state index in [1.54, 1.807) is 11.0 Å². The van der Waals surface area contributed by atoms with Crippen LogP contribution < -0.4 is 14.7 Å². The Kier molecular flexibility index (Phi) is 8.72. The van der Waals surface area contributed by atoms with E-state index in [0.717, 1.165) is 31.9 Å². The van der Waals surface area contributed by atoms with Crippen molar-refractivity contribution in [1.82, 2.24) is 15.0 Å². The summed E-state index contributed by atoms with van der Waals surface area (Å²) in [5.41, 5.74) is 0.492. The molecule has 42 heavy (non-hydrogen) atoms. The van der Waals surface area contributed by atoms with Crippen LogP contribution in [0.3, 0.4) is 0 Å². The van der Waals surface area contributed by atoms with Crippen LogP contribution in [-0.4, -0.2) is 59.7 Å². The summed E-state index contributed by atoms with van der Waals surface area (Å²) in [5.74, 6) is 0.487. The largest absolute Gasteiger partial charge is 0.463 e. The summed E-state index contributed by atoms with van der Waals surface area (Å²) in [6.07, 6.45) is -0.205. The third kappa shape index (κ3) is 6.38. The summed E-state index contributed by atoms with van der Waals surface area (Å²) in [4.78, 5) is 30.2. The van der Waals surface area contributed by atoms with Gasteiger partial charge in [-0.2, -0.15) is 18.2 Å². The number of hydrogen-bond donors (Lipinski definition) is 0. The van der Waals surface area contributed by atoms with Crippen molar-refractivity contribution in [2.75, 3.05) is 40.9 Å². The van der Waals surface area contributed by atoms with E-state index in [0.29, 0.717) is 29.6 Å². The zero-order chi connectivity index (χ0) is 30.0. The van der Waals surface area contributed by atoms with E-state index in [1.165, 1.54) is 18.3 Å². The number of halogens is 5. The van der Waals surface area contributed by atoms with Crippen molar-refractivity contribution in [3.8, 4) is 11.3 Å². The van der Waals surface area contributed by atoms with Gasteiger partial charge in [0.2, 0.25) is 5.95 Å². The molecule has 4 heterocycles. The number of nitrogens with zero attached hydrogens (tertiary/aromatic N) is 6. The van der Waals surface area contributed by atoms with Crippen LogP contribution in [0.15, 0.2) is 36.5 Å². The molecule has 0 bridgehead atoms. The number of hydrogen-bond acceptors (Lipinski definition) is 8. The van der Waals surface area contributed by atoms with Crippen molar-refractivity contribution in [3.05, 3.63) is 58.5 Å². The molecule has 0 amide bonds. The van der Waals surface area contributed by atoms with Gasteiger partial charge in [0.15, 0.2) is 0 Å². The number of ether oxygens (including phenoxy) is 1. The predicted molar refractivity (Wildman–Crippen MR) is 152 cm³/mol. The topological polar surface area (TPSA) is 74.7 Å². The Morgan fingerprint density at radius 1 is 1.05 bits per heavy atom. The van der Waals surface area contributed by atoms with Gasteiger partial charge in [-0.15, -0.1) is 0 Å². The van der Waals surface area contributed by atoms with Crippen LogP contribution in [0.1, 0.15) is 44.2 Å². The average Bonchev–Trinajstić information content (AvgIpc) is 2.97. The van der Waals surface area contributed by atoms with E-state index in [4.69, 9.17) is 21.6 Å². The molecule has 13 heteroatoms. The van der Waals surface area contributed by atoms with E-state index < -0.39 is 17.6 Å². The summed E-state index contributed by atoms with van der Waals surface area (Å²) in [7, 11) is 0. The Hall–Kier alpha value is -3.67. The molecule has 2 aromatic heterocycles. The molecule has 0 radical (unpaired) electrons. The summed E-state index contributed by atoms with van der Waals surface area (Å²) in [6, 6.07) is 7.24. The maximum atomic E-state index is 14.0. The second kappa shape index (κ2) is 12.3. The van der Waals surface area contributed by atoms with Gasteiger partial charge in [0.1, 0.15) is 24.1 Å². The highest BCUT2D eigenvalue weighted by atomic mass is 35.5. The molecule has 224 valence electrons. The lowest BCUT2D eigenvalue weighted by molar-refractivity contribution is -0.137. The molecule has 2 aliphatic rings. The third-order valence-corrected chi connectivity index (χ3v) is 8.03. The van der Waals surface area contributed by atoms with Crippen LogP contribution in [0.4, 0.5) is 35.1 Å². The predicted octanol–water partition coefficient (Wildman–Crippen LogP) is 6.12. The summed E-state index contributed by atoms with van der Waals surface area (Å²) in [5, 5.41) is -0.0146. The van der Waals surface area contributed by atoms with E-state index in [9.17, 15) is 22.4 Å². The number of piperidine rings is 1. The lowest BCUT2D eigenvalue weighted by Crippen LogP contribution is -2.53. The molecule has 2 aliphatic heterocycles. The maximum absolute atomic E-state index is 14.0. The molecule has 0 unspecified atom stereocenters. The fourth-order valence-corrected chi connectivity index (χ4v) is 5.74. The van der Waals surface area contributed by atoms with E-state index >= 15 is 0 Å². The van der Waals surface area contributed by atoms with E-state index in [2.05, 4.69) is 21.5 Å². The minimum absolute atomic E-state index is 0.0146. The van der Waals surface area contributed by atoms with Crippen molar-refractivity contribution in [3.63, 3.8) is 0 Å². The van der Waals surface area contributed by atoms with E-state index in [1.807, 2.05) is 17.9 Å². The average molecular weight is 607 g/mol. The lowest BCUT2D eigenvalue weighted by atomic mass is 10.0. The number of pyridine rings is 1. The minimum Gasteiger partial charge on any atom is -0.463 e. The van der Waals surface area contributed by atoms with Crippen LogP contribution in [0, 0.1) is 5.82 Å². The number of piperazine rings is 1. The maximum Gasteiger partial charge on any atom is 0.419 e. The van der Waals surface area contributed by atoms with Gasteiger partial charge >= 0.3 is 6.18 Å². The van der Waals surface area contributed by atoms with Crippen LogP contribution in [0.5, 0.6) is 0 Å². The van der Waals surface area contributed by atoms with E-state index in [-0.39, 0.29) is 54.7 Å². The first-order valence-electron chi connectivity index (χ1n) is 13.8. The fraction of sp³-hybridized carbons (Fsp3) is 0.448. The molecule has 3 aromatic rings. The Bertz CT molecular complexity index is 1440. The van der Waals surface area contributed by atoms with Gasteiger partial charge in [-0.1, -0.05) is 11.6 Å². The molecule has 2 atom stereocenters. The SMILES string of the molecule is C[C@@H]1CN(c2ncc(COC=O)cc2C(F)(F)F)CCN1c1cc(-c2ccc(F)c(Cl)c2)nc(N2CCCC[C@@H]2C)n1. The standard InChI is InChI=1S/C29H31ClF4N6O2/c1-18-5-3-4-8-40(18)28-36-25(21-6-7-24(31)23(30)12-21)13-26(37-28)39-10-9-38(15-19(39)2)27-22(29(32,33)34)11-20(14-35-27)16-42-17-41/h6-7,11-14,17-19H,3-5,8-10,15-16H2,1-2H3/t18-,19+/m0/s1. The molecule has 5 rings (SSSR count). The second-order valence-electron chi connectivity index (χ2n) is 10.7. The fourth-order valence-electron chi connectivity index (χ4n) is 5.56. The van der Waals surface area contributed by atoms with Crippen LogP contribution in [-0.2, 0) is 22.3 Å². The monoisotopic (exact) mass is 606 g/mol. The van der Waals surface area contributed by atoms with Crippen LogP contribution >= 0.6 is 11.6 Å². The summed E-state index contributed by atoms with van der Waals surface area (Å²) < 4.78 is 60.6. The lowest BCUT2D eigenvalue weighted by Gasteiger charge is -2.42. The first-order chi connectivity index (χ1) is 20.0. The van der Waals surface area contributed by atoms with Gasteiger partial charge in [0.25, 0.3) is 6.47 Å². The van der Waals surface area contributed by atoms with Crippen molar-refractivity contribution >= 4 is 35.7 Å². The van der Waals surface area contributed by atoms with Gasteiger partial charge in [-0.05, 0) is 57.4 Å². The number of carbonyl (C=O) groups excluding carboxylic acids is 1. The molecule has 8 nitrogen and oxygen atoms in total. The molecule has 0 saturated carbocycles. The highest BCUT2D eigenvalue weighted by Crippen LogP contribution is 2.38. The number of rotatable bonds is 7. The van der Waals surface area contributed by atoms with Crippen LogP contribution in [0.2, 0.25) is 5.02 Å². The van der Waals surface area contributed by atoms with Crippen LogP contribution in [0.25, 0.3) is 11.3 Å². The number of carbonyl (C=O) groups is 1. The van der Waals surface area contributed by atoms with Crippen molar-refractivity contribution in [2.24, 2.45) is 0 Å². The normalized spacial score (nSPS) is 19.6. The molecule has 2 saturated heterocycles. The second-order valence-corrected chi connectivity index (χ2v) is 11.1. The van der Waals surface area contributed by atoms with Gasteiger partial charge < -0.3 is 19.4 Å². The Balaban J connectivity index is 1.46. The van der Waals surface area contributed by atoms with Gasteiger partial charge in [-0.25, -0.2) is 14.4 Å². The van der Waals surface area contributed by atoms with Gasteiger partial charge in [-0.3, -0.25) is 4.79 Å². The quantitative estimate of drug-likeness (QED) is 0.235. The van der Waals surface area contributed by atoms with Crippen molar-refractivity contribution in [2.45, 2.75) is 58.0 Å². The number of benzene rings is 1. The molecule has 0 aliphatic carbocycles.